The predicted molar refractivity (Wildman–Crippen MR) is 55.8 cm³/mol. The van der Waals surface area contributed by atoms with Crippen LogP contribution >= 0.6 is 15.9 Å². The molecule has 80 valence electrons. The summed E-state index contributed by atoms with van der Waals surface area (Å²) in [4.78, 5) is 21.4. The van der Waals surface area contributed by atoms with Crippen LogP contribution in [0.2, 0.25) is 0 Å². The van der Waals surface area contributed by atoms with Crippen molar-refractivity contribution in [2.24, 2.45) is 0 Å². The number of furan rings is 1. The second-order valence-electron chi connectivity index (χ2n) is 2.69. The maximum absolute atomic E-state index is 10.7. The molecule has 0 spiro atoms. The maximum Gasteiger partial charge on any atom is 0.352 e. The lowest BCUT2D eigenvalue weighted by Crippen LogP contribution is -2.24. The van der Waals surface area contributed by atoms with Gasteiger partial charge in [0, 0.05) is 13.0 Å². The zero-order valence-electron chi connectivity index (χ0n) is 7.78. The third kappa shape index (κ3) is 3.59. The molecular formula is C9H8BrNO4. The lowest BCUT2D eigenvalue weighted by atomic mass is 10.3. The van der Waals surface area contributed by atoms with E-state index in [2.05, 4.69) is 21.2 Å². The molecule has 0 saturated heterocycles. The van der Waals surface area contributed by atoms with E-state index in [0.717, 1.165) is 0 Å². The highest BCUT2D eigenvalue weighted by Gasteiger charge is 2.09. The Kier molecular flexibility index (Phi) is 3.68. The molecule has 5 nitrogen and oxygen atoms in total. The summed E-state index contributed by atoms with van der Waals surface area (Å²) in [5.41, 5.74) is -0.232. The first-order valence-corrected chi connectivity index (χ1v) is 4.76. The molecule has 1 aromatic rings. The molecule has 1 amide bonds. The van der Waals surface area contributed by atoms with Gasteiger partial charge in [-0.3, -0.25) is 4.79 Å². The van der Waals surface area contributed by atoms with Crippen LogP contribution < -0.4 is 5.32 Å². The lowest BCUT2D eigenvalue weighted by molar-refractivity contribution is -0.134. The van der Waals surface area contributed by atoms with Crippen LogP contribution in [0.5, 0.6) is 0 Å². The van der Waals surface area contributed by atoms with Gasteiger partial charge in [0.15, 0.2) is 4.67 Å². The first-order valence-electron chi connectivity index (χ1n) is 3.97. The predicted octanol–water partition coefficient (Wildman–Crippen LogP) is 1.60. The van der Waals surface area contributed by atoms with Gasteiger partial charge in [0.2, 0.25) is 5.91 Å². The van der Waals surface area contributed by atoms with Crippen LogP contribution in [0.25, 0.3) is 6.08 Å². The molecule has 0 aliphatic rings. The highest BCUT2D eigenvalue weighted by atomic mass is 79.9. The molecular weight excluding hydrogens is 266 g/mol. The fourth-order valence-electron chi connectivity index (χ4n) is 0.889. The average Bonchev–Trinajstić information content (AvgIpc) is 2.49. The van der Waals surface area contributed by atoms with Crippen molar-refractivity contribution in [2.45, 2.75) is 6.92 Å². The van der Waals surface area contributed by atoms with E-state index in [1.807, 2.05) is 0 Å². The van der Waals surface area contributed by atoms with Gasteiger partial charge in [0.1, 0.15) is 11.5 Å². The molecule has 1 aromatic heterocycles. The summed E-state index contributed by atoms with van der Waals surface area (Å²) < 4.78 is 5.56. The van der Waals surface area contributed by atoms with Crippen LogP contribution in [0, 0.1) is 0 Å². The van der Waals surface area contributed by atoms with E-state index in [-0.39, 0.29) is 5.70 Å². The quantitative estimate of drug-likeness (QED) is 0.820. The van der Waals surface area contributed by atoms with Crippen LogP contribution in [0.4, 0.5) is 0 Å². The minimum absolute atomic E-state index is 0.232. The number of carboxylic acid groups (broad SMARTS) is 1. The third-order valence-electron chi connectivity index (χ3n) is 1.42. The summed E-state index contributed by atoms with van der Waals surface area (Å²) in [6, 6.07) is 3.20. The van der Waals surface area contributed by atoms with Gasteiger partial charge in [-0.05, 0) is 28.1 Å². The highest BCUT2D eigenvalue weighted by Crippen LogP contribution is 2.16. The maximum atomic E-state index is 10.7. The Morgan fingerprint density at radius 2 is 2.20 bits per heavy atom. The molecule has 1 heterocycles. The molecule has 0 aromatic carbocycles. The molecule has 0 radical (unpaired) electrons. The topological polar surface area (TPSA) is 79.5 Å². The molecule has 0 bridgehead atoms. The number of hydrogen-bond donors (Lipinski definition) is 2. The Bertz CT molecular complexity index is 422. The summed E-state index contributed by atoms with van der Waals surface area (Å²) in [6.07, 6.45) is 1.23. The van der Waals surface area contributed by atoms with E-state index in [1.54, 1.807) is 12.1 Å². The second-order valence-corrected chi connectivity index (χ2v) is 3.47. The number of carbonyl (C=O) groups is 2. The largest absolute Gasteiger partial charge is 0.477 e. The number of amides is 1. The Morgan fingerprint density at radius 3 is 2.60 bits per heavy atom. The standard InChI is InChI=1S/C9H8BrNO4/c1-5(12)11-7(9(13)14)4-6-2-3-8(10)15-6/h2-4H,1H3,(H,11,12)(H,13,14)/b7-4+. The Balaban J connectivity index is 2.93. The van der Waals surface area contributed by atoms with Gasteiger partial charge in [0.05, 0.1) is 0 Å². The van der Waals surface area contributed by atoms with E-state index in [1.165, 1.54) is 13.0 Å². The van der Waals surface area contributed by atoms with Crippen molar-refractivity contribution >= 4 is 33.9 Å². The number of nitrogens with one attached hydrogen (secondary N) is 1. The lowest BCUT2D eigenvalue weighted by Gasteiger charge is -2.00. The second kappa shape index (κ2) is 4.79. The van der Waals surface area contributed by atoms with Crippen molar-refractivity contribution in [3.63, 3.8) is 0 Å². The van der Waals surface area contributed by atoms with Crippen molar-refractivity contribution < 1.29 is 19.1 Å². The molecule has 0 aliphatic heterocycles. The average molecular weight is 274 g/mol. The minimum atomic E-state index is -1.22. The van der Waals surface area contributed by atoms with E-state index in [4.69, 9.17) is 9.52 Å². The Morgan fingerprint density at radius 1 is 1.53 bits per heavy atom. The fourth-order valence-corrected chi connectivity index (χ4v) is 1.21. The van der Waals surface area contributed by atoms with Crippen molar-refractivity contribution in [1.29, 1.82) is 0 Å². The molecule has 0 atom stereocenters. The minimum Gasteiger partial charge on any atom is -0.477 e. The molecule has 2 N–H and O–H groups in total. The molecule has 0 unspecified atom stereocenters. The van der Waals surface area contributed by atoms with Crippen molar-refractivity contribution in [3.8, 4) is 0 Å². The van der Waals surface area contributed by atoms with Gasteiger partial charge < -0.3 is 14.8 Å². The summed E-state index contributed by atoms with van der Waals surface area (Å²) in [7, 11) is 0. The SMILES string of the molecule is CC(=O)N/C(=C/c1ccc(Br)o1)C(=O)O. The first-order chi connectivity index (χ1) is 6.99. The Hall–Kier alpha value is -1.56. The van der Waals surface area contributed by atoms with E-state index >= 15 is 0 Å². The summed E-state index contributed by atoms with van der Waals surface area (Å²) >= 11 is 3.08. The van der Waals surface area contributed by atoms with E-state index in [9.17, 15) is 9.59 Å². The number of aliphatic carboxylic acids is 1. The zero-order valence-corrected chi connectivity index (χ0v) is 9.37. The molecule has 1 rings (SSSR count). The van der Waals surface area contributed by atoms with E-state index < -0.39 is 11.9 Å². The number of hydrogen-bond acceptors (Lipinski definition) is 3. The number of halogens is 1. The fraction of sp³-hybridized carbons (Fsp3) is 0.111. The van der Waals surface area contributed by atoms with Gasteiger partial charge in [0.25, 0.3) is 0 Å². The van der Waals surface area contributed by atoms with E-state index in [0.29, 0.717) is 10.4 Å². The molecule has 0 aliphatic carbocycles. The van der Waals surface area contributed by atoms with Gasteiger partial charge in [-0.25, -0.2) is 4.79 Å². The van der Waals surface area contributed by atoms with Crippen LogP contribution in [-0.4, -0.2) is 17.0 Å². The smallest absolute Gasteiger partial charge is 0.352 e. The van der Waals surface area contributed by atoms with Crippen LogP contribution in [0.1, 0.15) is 12.7 Å². The molecule has 15 heavy (non-hydrogen) atoms. The summed E-state index contributed by atoms with van der Waals surface area (Å²) in [6.45, 7) is 1.23. The van der Waals surface area contributed by atoms with Crippen molar-refractivity contribution in [1.82, 2.24) is 5.32 Å². The number of carbonyl (C=O) groups excluding carboxylic acids is 1. The molecule has 6 heteroatoms. The highest BCUT2D eigenvalue weighted by molar-refractivity contribution is 9.10. The Labute approximate surface area is 93.9 Å². The first kappa shape index (κ1) is 11.5. The van der Waals surface area contributed by atoms with Crippen molar-refractivity contribution in [2.75, 3.05) is 0 Å². The van der Waals surface area contributed by atoms with Gasteiger partial charge in [-0.1, -0.05) is 0 Å². The third-order valence-corrected chi connectivity index (χ3v) is 1.85. The van der Waals surface area contributed by atoms with Crippen LogP contribution in [0.15, 0.2) is 26.9 Å². The van der Waals surface area contributed by atoms with Gasteiger partial charge in [-0.2, -0.15) is 0 Å². The van der Waals surface area contributed by atoms with Crippen LogP contribution in [-0.2, 0) is 9.59 Å². The van der Waals surface area contributed by atoms with Gasteiger partial charge in [-0.15, -0.1) is 0 Å². The molecule has 0 saturated carbocycles. The normalized spacial score (nSPS) is 11.2. The summed E-state index contributed by atoms with van der Waals surface area (Å²) in [5, 5.41) is 10.9. The van der Waals surface area contributed by atoms with Gasteiger partial charge >= 0.3 is 5.97 Å². The number of rotatable bonds is 3. The molecule has 0 fully saturated rings. The van der Waals surface area contributed by atoms with Crippen molar-refractivity contribution in [3.05, 3.63) is 28.3 Å². The zero-order chi connectivity index (χ0) is 11.4. The number of carboxylic acids is 1. The van der Waals surface area contributed by atoms with Crippen LogP contribution in [0.3, 0.4) is 0 Å². The monoisotopic (exact) mass is 273 g/mol. The summed E-state index contributed by atoms with van der Waals surface area (Å²) in [5.74, 6) is -1.33.